The summed E-state index contributed by atoms with van der Waals surface area (Å²) in [6, 6.07) is 1.43. The van der Waals surface area contributed by atoms with Crippen molar-refractivity contribution in [3.05, 3.63) is 38.4 Å². The number of non-ortho nitro benzene ring substituents is 1. The molecule has 28 heavy (non-hydrogen) atoms. The standard InChI is InChI=1S/C17H22N4O7/c1-10(2)8-12(17(23)24)18-16(22)14-4-3-7-19(14)13-6-5-11(20(25)26)9-15(13)21(27)28/h5-6,9-10,12,14H,3-4,7-8H2,1-2H3,(H,18,22)(H,23,24)/t12-,14+/m0/s1. The zero-order chi connectivity index (χ0) is 21.0. The van der Waals surface area contributed by atoms with Crippen molar-refractivity contribution in [3.63, 3.8) is 0 Å². The van der Waals surface area contributed by atoms with Crippen molar-refractivity contribution in [3.8, 4) is 0 Å². The molecule has 11 heteroatoms. The maximum Gasteiger partial charge on any atom is 0.326 e. The third kappa shape index (κ3) is 4.72. The lowest BCUT2D eigenvalue weighted by Gasteiger charge is -2.27. The van der Waals surface area contributed by atoms with Crippen LogP contribution >= 0.6 is 0 Å². The van der Waals surface area contributed by atoms with E-state index >= 15 is 0 Å². The summed E-state index contributed by atoms with van der Waals surface area (Å²) in [4.78, 5) is 46.4. The van der Waals surface area contributed by atoms with Crippen LogP contribution in [-0.2, 0) is 9.59 Å². The van der Waals surface area contributed by atoms with Gasteiger partial charge in [-0.05, 0) is 31.2 Å². The molecule has 0 aromatic heterocycles. The van der Waals surface area contributed by atoms with Crippen LogP contribution in [0.2, 0.25) is 0 Å². The van der Waals surface area contributed by atoms with Gasteiger partial charge in [0.05, 0.1) is 15.9 Å². The van der Waals surface area contributed by atoms with Gasteiger partial charge in [0, 0.05) is 12.6 Å². The minimum absolute atomic E-state index is 0.0526. The molecule has 1 aliphatic rings. The number of amides is 1. The Hall–Kier alpha value is -3.24. The molecule has 0 aliphatic carbocycles. The molecular formula is C17H22N4O7. The number of carbonyl (C=O) groups excluding carboxylic acids is 1. The van der Waals surface area contributed by atoms with Gasteiger partial charge in [-0.25, -0.2) is 4.79 Å². The number of carboxylic acid groups (broad SMARTS) is 1. The van der Waals surface area contributed by atoms with Crippen LogP contribution in [0.1, 0.15) is 33.1 Å². The number of carbonyl (C=O) groups is 2. The van der Waals surface area contributed by atoms with Crippen molar-refractivity contribution in [1.82, 2.24) is 5.32 Å². The van der Waals surface area contributed by atoms with Gasteiger partial charge < -0.3 is 15.3 Å². The van der Waals surface area contributed by atoms with Gasteiger partial charge in [-0.1, -0.05) is 13.8 Å². The fourth-order valence-electron chi connectivity index (χ4n) is 3.30. The van der Waals surface area contributed by atoms with Crippen LogP contribution in [-0.4, -0.2) is 45.5 Å². The number of hydrogen-bond acceptors (Lipinski definition) is 7. The van der Waals surface area contributed by atoms with Crippen LogP contribution in [0.3, 0.4) is 0 Å². The summed E-state index contributed by atoms with van der Waals surface area (Å²) in [7, 11) is 0. The Labute approximate surface area is 160 Å². The van der Waals surface area contributed by atoms with Crippen molar-refractivity contribution >= 4 is 28.9 Å². The molecule has 0 bridgehead atoms. The zero-order valence-electron chi connectivity index (χ0n) is 15.5. The zero-order valence-corrected chi connectivity index (χ0v) is 15.5. The van der Waals surface area contributed by atoms with Crippen molar-refractivity contribution in [1.29, 1.82) is 0 Å². The highest BCUT2D eigenvalue weighted by Crippen LogP contribution is 2.36. The summed E-state index contributed by atoms with van der Waals surface area (Å²) >= 11 is 0. The number of nitrogens with one attached hydrogen (secondary N) is 1. The molecule has 1 fully saturated rings. The summed E-state index contributed by atoms with van der Waals surface area (Å²) in [5.41, 5.74) is -0.784. The molecule has 0 saturated carbocycles. The third-order valence-electron chi connectivity index (χ3n) is 4.55. The van der Waals surface area contributed by atoms with Crippen LogP contribution in [0, 0.1) is 26.1 Å². The van der Waals surface area contributed by atoms with E-state index < -0.39 is 45.2 Å². The molecule has 2 atom stereocenters. The Kier molecular flexibility index (Phi) is 6.49. The van der Waals surface area contributed by atoms with E-state index in [9.17, 15) is 34.9 Å². The van der Waals surface area contributed by atoms with E-state index in [0.717, 1.165) is 12.1 Å². The highest BCUT2D eigenvalue weighted by Gasteiger charge is 2.36. The Balaban J connectivity index is 2.29. The minimum atomic E-state index is -1.15. The smallest absolute Gasteiger partial charge is 0.326 e. The maximum absolute atomic E-state index is 12.7. The predicted molar refractivity (Wildman–Crippen MR) is 99.1 cm³/mol. The number of benzene rings is 1. The fourth-order valence-corrected chi connectivity index (χ4v) is 3.30. The number of nitrogens with zero attached hydrogens (tertiary/aromatic N) is 3. The van der Waals surface area contributed by atoms with E-state index in [2.05, 4.69) is 5.32 Å². The number of carboxylic acids is 1. The fraction of sp³-hybridized carbons (Fsp3) is 0.529. The molecule has 152 valence electrons. The summed E-state index contributed by atoms with van der Waals surface area (Å²) in [5.74, 6) is -1.62. The molecule has 2 N–H and O–H groups in total. The van der Waals surface area contributed by atoms with E-state index in [-0.39, 0.29) is 18.0 Å². The number of anilines is 1. The summed E-state index contributed by atoms with van der Waals surface area (Å²) < 4.78 is 0. The van der Waals surface area contributed by atoms with Gasteiger partial charge in [0.25, 0.3) is 11.4 Å². The summed E-state index contributed by atoms with van der Waals surface area (Å²) in [6.07, 6.45) is 1.23. The first kappa shape index (κ1) is 21.1. The molecule has 1 heterocycles. The SMILES string of the molecule is CC(C)C[C@H](NC(=O)[C@H]1CCCN1c1ccc([N+](=O)[O-])cc1[N+](=O)[O-])C(=O)O. The van der Waals surface area contributed by atoms with Crippen LogP contribution in [0.15, 0.2) is 18.2 Å². The van der Waals surface area contributed by atoms with Crippen molar-refractivity contribution < 1.29 is 24.5 Å². The lowest BCUT2D eigenvalue weighted by molar-refractivity contribution is -0.393. The number of nitro benzene ring substituents is 2. The second-order valence-corrected chi connectivity index (χ2v) is 7.07. The molecule has 1 saturated heterocycles. The third-order valence-corrected chi connectivity index (χ3v) is 4.55. The molecule has 2 rings (SSSR count). The Morgan fingerprint density at radius 3 is 2.50 bits per heavy atom. The predicted octanol–water partition coefficient (Wildman–Crippen LogP) is 2.09. The molecular weight excluding hydrogens is 372 g/mol. The molecule has 1 aromatic carbocycles. The van der Waals surface area contributed by atoms with Gasteiger partial charge in [0.15, 0.2) is 0 Å². The second-order valence-electron chi connectivity index (χ2n) is 7.07. The van der Waals surface area contributed by atoms with Crippen molar-refractivity contribution in [2.45, 2.75) is 45.2 Å². The lowest BCUT2D eigenvalue weighted by atomic mass is 10.0. The Bertz CT molecular complexity index is 796. The van der Waals surface area contributed by atoms with Crippen LogP contribution in [0.25, 0.3) is 0 Å². The first-order valence-electron chi connectivity index (χ1n) is 8.84. The number of hydrogen-bond donors (Lipinski definition) is 2. The Morgan fingerprint density at radius 1 is 1.29 bits per heavy atom. The van der Waals surface area contributed by atoms with E-state index in [4.69, 9.17) is 0 Å². The number of aliphatic carboxylic acids is 1. The molecule has 1 amide bonds. The van der Waals surface area contributed by atoms with Gasteiger partial charge in [-0.3, -0.25) is 25.0 Å². The monoisotopic (exact) mass is 394 g/mol. The van der Waals surface area contributed by atoms with E-state index in [1.54, 1.807) is 0 Å². The quantitative estimate of drug-likeness (QED) is 0.501. The first-order valence-corrected chi connectivity index (χ1v) is 8.84. The molecule has 1 aromatic rings. The topological polar surface area (TPSA) is 156 Å². The van der Waals surface area contributed by atoms with Gasteiger partial charge in [0.2, 0.25) is 5.91 Å². The first-order chi connectivity index (χ1) is 13.1. The van der Waals surface area contributed by atoms with E-state index in [0.29, 0.717) is 19.4 Å². The van der Waals surface area contributed by atoms with E-state index in [1.807, 2.05) is 13.8 Å². The Morgan fingerprint density at radius 2 is 1.96 bits per heavy atom. The van der Waals surface area contributed by atoms with Gasteiger partial charge in [0.1, 0.15) is 17.8 Å². The maximum atomic E-state index is 12.7. The van der Waals surface area contributed by atoms with Crippen LogP contribution in [0.4, 0.5) is 17.1 Å². The molecule has 0 unspecified atom stereocenters. The van der Waals surface area contributed by atoms with E-state index in [1.165, 1.54) is 11.0 Å². The van der Waals surface area contributed by atoms with Crippen LogP contribution in [0.5, 0.6) is 0 Å². The minimum Gasteiger partial charge on any atom is -0.480 e. The molecule has 1 aliphatic heterocycles. The molecule has 0 spiro atoms. The highest BCUT2D eigenvalue weighted by atomic mass is 16.6. The highest BCUT2D eigenvalue weighted by molar-refractivity contribution is 5.90. The van der Waals surface area contributed by atoms with Gasteiger partial charge in [-0.15, -0.1) is 0 Å². The average Bonchev–Trinajstić information content (AvgIpc) is 3.09. The normalized spacial score (nSPS) is 17.4. The second kappa shape index (κ2) is 8.63. The summed E-state index contributed by atoms with van der Waals surface area (Å²) in [5, 5.41) is 34.1. The van der Waals surface area contributed by atoms with Crippen molar-refractivity contribution in [2.75, 3.05) is 11.4 Å². The van der Waals surface area contributed by atoms with Gasteiger partial charge >= 0.3 is 5.97 Å². The molecule has 0 radical (unpaired) electrons. The largest absolute Gasteiger partial charge is 0.480 e. The number of nitro groups is 2. The number of rotatable bonds is 8. The van der Waals surface area contributed by atoms with Crippen LogP contribution < -0.4 is 10.2 Å². The van der Waals surface area contributed by atoms with Gasteiger partial charge in [-0.2, -0.15) is 0 Å². The lowest BCUT2D eigenvalue weighted by Crippen LogP contribution is -2.50. The summed E-state index contributed by atoms with van der Waals surface area (Å²) in [6.45, 7) is 4.02. The molecule has 11 nitrogen and oxygen atoms in total. The average molecular weight is 394 g/mol. The van der Waals surface area contributed by atoms with Crippen molar-refractivity contribution in [2.24, 2.45) is 5.92 Å².